The fourth-order valence-corrected chi connectivity index (χ4v) is 3.38. The maximum absolute atomic E-state index is 15.0. The van der Waals surface area contributed by atoms with Crippen molar-refractivity contribution >= 4 is 10.9 Å². The molecule has 2 N–H and O–H groups in total. The highest BCUT2D eigenvalue weighted by Gasteiger charge is 2.16. The third-order valence-electron chi connectivity index (χ3n) is 4.74. The van der Waals surface area contributed by atoms with Gasteiger partial charge in [-0.05, 0) is 30.2 Å². The minimum atomic E-state index is -0.265. The van der Waals surface area contributed by atoms with Gasteiger partial charge in [0.1, 0.15) is 11.5 Å². The van der Waals surface area contributed by atoms with Gasteiger partial charge in [-0.15, -0.1) is 0 Å². The first-order chi connectivity index (χ1) is 13.4. The summed E-state index contributed by atoms with van der Waals surface area (Å²) in [5.74, 6) is -0.265. The number of halogens is 1. The highest BCUT2D eigenvalue weighted by Crippen LogP contribution is 2.31. The molecule has 144 valence electrons. The van der Waals surface area contributed by atoms with Crippen LogP contribution in [0.2, 0.25) is 0 Å². The Labute approximate surface area is 162 Å². The number of fused-ring (bicyclic) bond motifs is 1. The van der Waals surface area contributed by atoms with E-state index in [1.54, 1.807) is 23.1 Å². The van der Waals surface area contributed by atoms with Crippen molar-refractivity contribution in [2.24, 2.45) is 7.05 Å². The Morgan fingerprint density at radius 3 is 2.71 bits per heavy atom. The van der Waals surface area contributed by atoms with E-state index in [4.69, 9.17) is 0 Å². The van der Waals surface area contributed by atoms with Gasteiger partial charge in [0.25, 0.3) is 0 Å². The molecule has 0 aliphatic heterocycles. The highest BCUT2D eigenvalue weighted by molar-refractivity contribution is 5.94. The van der Waals surface area contributed by atoms with Crippen molar-refractivity contribution in [3.05, 3.63) is 53.7 Å². The Balaban J connectivity index is 1.77. The first kappa shape index (κ1) is 18.3. The topological polar surface area (TPSA) is 71.4 Å². The van der Waals surface area contributed by atoms with Crippen LogP contribution >= 0.6 is 0 Å². The molecule has 7 heteroatoms. The van der Waals surface area contributed by atoms with Gasteiger partial charge in [-0.25, -0.2) is 4.39 Å². The number of aryl methyl sites for hydroxylation is 2. The van der Waals surface area contributed by atoms with Gasteiger partial charge in [-0.3, -0.25) is 14.8 Å². The van der Waals surface area contributed by atoms with Crippen molar-refractivity contribution in [3.8, 4) is 22.5 Å². The Bertz CT molecular complexity index is 1120. The third-order valence-corrected chi connectivity index (χ3v) is 4.74. The van der Waals surface area contributed by atoms with E-state index < -0.39 is 0 Å². The number of pyridine rings is 1. The smallest absolute Gasteiger partial charge is 0.133 e. The van der Waals surface area contributed by atoms with Crippen molar-refractivity contribution in [2.75, 3.05) is 0 Å². The number of rotatable bonds is 5. The second-order valence-corrected chi connectivity index (χ2v) is 7.40. The van der Waals surface area contributed by atoms with Gasteiger partial charge in [0, 0.05) is 42.3 Å². The fourth-order valence-electron chi connectivity index (χ4n) is 3.38. The number of hydrogen-bond donors (Lipinski definition) is 2. The zero-order valence-corrected chi connectivity index (χ0v) is 16.4. The van der Waals surface area contributed by atoms with Gasteiger partial charge < -0.3 is 5.32 Å². The quantitative estimate of drug-likeness (QED) is 0.551. The lowest BCUT2D eigenvalue weighted by Crippen LogP contribution is -2.22. The summed E-state index contributed by atoms with van der Waals surface area (Å²) in [4.78, 5) is 4.47. The van der Waals surface area contributed by atoms with Crippen LogP contribution in [0.3, 0.4) is 0 Å². The number of H-pyrrole nitrogens is 1. The molecule has 0 fully saturated rings. The standard InChI is InChI=1S/C21H23FN6/c1-12(2)23-8-14-5-13(3)20(17(22)6-14)18-7-16-19(10-24-18)26-27-21(16)15-9-25-28(4)11-15/h5-7,9-12,23H,8H2,1-4H3,(H,26,27). The van der Waals surface area contributed by atoms with Crippen molar-refractivity contribution in [1.82, 2.24) is 30.3 Å². The van der Waals surface area contributed by atoms with Gasteiger partial charge in [-0.2, -0.15) is 10.2 Å². The third kappa shape index (κ3) is 3.41. The monoisotopic (exact) mass is 378 g/mol. The molecular weight excluding hydrogens is 355 g/mol. The van der Waals surface area contributed by atoms with Crippen LogP contribution in [-0.4, -0.2) is 31.0 Å². The summed E-state index contributed by atoms with van der Waals surface area (Å²) in [5, 5.41) is 15.8. The Kier molecular flexibility index (Phi) is 4.68. The molecule has 0 amide bonds. The number of benzene rings is 1. The highest BCUT2D eigenvalue weighted by atomic mass is 19.1. The van der Waals surface area contributed by atoms with E-state index in [-0.39, 0.29) is 5.82 Å². The molecule has 0 atom stereocenters. The van der Waals surface area contributed by atoms with Gasteiger partial charge in [0.05, 0.1) is 23.6 Å². The van der Waals surface area contributed by atoms with Crippen LogP contribution in [0.1, 0.15) is 25.0 Å². The number of hydrogen-bond acceptors (Lipinski definition) is 4. The first-order valence-electron chi connectivity index (χ1n) is 9.28. The van der Waals surface area contributed by atoms with E-state index in [0.717, 1.165) is 33.3 Å². The molecule has 0 aliphatic carbocycles. The van der Waals surface area contributed by atoms with Crippen LogP contribution < -0.4 is 5.32 Å². The Morgan fingerprint density at radius 2 is 2.04 bits per heavy atom. The summed E-state index contributed by atoms with van der Waals surface area (Å²) in [7, 11) is 1.86. The molecule has 4 aromatic rings. The first-order valence-corrected chi connectivity index (χ1v) is 9.28. The van der Waals surface area contributed by atoms with E-state index in [0.29, 0.717) is 23.8 Å². The maximum Gasteiger partial charge on any atom is 0.133 e. The molecule has 0 saturated heterocycles. The van der Waals surface area contributed by atoms with Crippen molar-refractivity contribution in [3.63, 3.8) is 0 Å². The summed E-state index contributed by atoms with van der Waals surface area (Å²) < 4.78 is 16.7. The number of aromatic nitrogens is 5. The zero-order valence-electron chi connectivity index (χ0n) is 16.4. The average Bonchev–Trinajstić information content (AvgIpc) is 3.25. The molecule has 0 bridgehead atoms. The zero-order chi connectivity index (χ0) is 19.8. The van der Waals surface area contributed by atoms with E-state index in [2.05, 4.69) is 39.4 Å². The number of nitrogens with one attached hydrogen (secondary N) is 2. The van der Waals surface area contributed by atoms with Crippen LogP contribution in [0.25, 0.3) is 33.4 Å². The molecule has 1 aromatic carbocycles. The lowest BCUT2D eigenvalue weighted by Gasteiger charge is -2.12. The normalized spacial score (nSPS) is 11.6. The number of nitrogens with zero attached hydrogens (tertiary/aromatic N) is 4. The van der Waals surface area contributed by atoms with Crippen molar-refractivity contribution in [2.45, 2.75) is 33.4 Å². The molecule has 28 heavy (non-hydrogen) atoms. The SMILES string of the molecule is Cc1cc(CNC(C)C)cc(F)c1-c1cc2c(-c3cnn(C)c3)n[nH]c2cn1. The molecule has 0 spiro atoms. The van der Waals surface area contributed by atoms with Gasteiger partial charge >= 0.3 is 0 Å². The second kappa shape index (κ2) is 7.16. The summed E-state index contributed by atoms with van der Waals surface area (Å²) in [6, 6.07) is 5.83. The summed E-state index contributed by atoms with van der Waals surface area (Å²) >= 11 is 0. The molecule has 6 nitrogen and oxygen atoms in total. The summed E-state index contributed by atoms with van der Waals surface area (Å²) in [5.41, 5.74) is 5.39. The van der Waals surface area contributed by atoms with Crippen LogP contribution in [-0.2, 0) is 13.6 Å². The van der Waals surface area contributed by atoms with Gasteiger partial charge in [-0.1, -0.05) is 19.9 Å². The lowest BCUT2D eigenvalue weighted by atomic mass is 9.99. The summed E-state index contributed by atoms with van der Waals surface area (Å²) in [6.07, 6.45) is 5.36. The van der Waals surface area contributed by atoms with Crippen LogP contribution in [0.5, 0.6) is 0 Å². The maximum atomic E-state index is 15.0. The van der Waals surface area contributed by atoms with Gasteiger partial charge in [0.2, 0.25) is 0 Å². The molecule has 3 aromatic heterocycles. The predicted molar refractivity (Wildman–Crippen MR) is 108 cm³/mol. The van der Waals surface area contributed by atoms with Crippen molar-refractivity contribution < 1.29 is 4.39 Å². The van der Waals surface area contributed by atoms with Crippen LogP contribution in [0, 0.1) is 12.7 Å². The number of aromatic amines is 1. The molecule has 0 aliphatic rings. The van der Waals surface area contributed by atoms with Gasteiger partial charge in [0.15, 0.2) is 0 Å². The molecule has 4 rings (SSSR count). The minimum Gasteiger partial charge on any atom is -0.310 e. The predicted octanol–water partition coefficient (Wildman–Crippen LogP) is 3.97. The molecule has 0 unspecified atom stereocenters. The Hall–Kier alpha value is -3.06. The molecule has 0 saturated carbocycles. The largest absolute Gasteiger partial charge is 0.310 e. The van der Waals surface area contributed by atoms with Crippen LogP contribution in [0.15, 0.2) is 36.8 Å². The van der Waals surface area contributed by atoms with Crippen LogP contribution in [0.4, 0.5) is 4.39 Å². The molecular formula is C21H23FN6. The Morgan fingerprint density at radius 1 is 1.21 bits per heavy atom. The molecule has 3 heterocycles. The van der Waals surface area contributed by atoms with E-state index in [9.17, 15) is 4.39 Å². The van der Waals surface area contributed by atoms with E-state index in [1.165, 1.54) is 0 Å². The average molecular weight is 378 g/mol. The van der Waals surface area contributed by atoms with E-state index in [1.807, 2.05) is 32.3 Å². The lowest BCUT2D eigenvalue weighted by molar-refractivity contribution is 0.581. The second-order valence-electron chi connectivity index (χ2n) is 7.40. The fraction of sp³-hybridized carbons (Fsp3) is 0.286. The minimum absolute atomic E-state index is 0.265. The summed E-state index contributed by atoms with van der Waals surface area (Å²) in [6.45, 7) is 6.69. The van der Waals surface area contributed by atoms with Crippen molar-refractivity contribution in [1.29, 1.82) is 0 Å². The van der Waals surface area contributed by atoms with E-state index >= 15 is 0 Å². The molecule has 0 radical (unpaired) electrons.